The molecule has 1 N–H and O–H groups in total. The van der Waals surface area contributed by atoms with Crippen LogP contribution in [0, 0.1) is 5.82 Å². The van der Waals surface area contributed by atoms with E-state index in [2.05, 4.69) is 5.32 Å². The smallest absolute Gasteiger partial charge is 0.419 e. The molecule has 44 heavy (non-hydrogen) atoms. The van der Waals surface area contributed by atoms with Crippen molar-refractivity contribution in [2.24, 2.45) is 0 Å². The van der Waals surface area contributed by atoms with Crippen molar-refractivity contribution in [2.45, 2.75) is 65.7 Å². The van der Waals surface area contributed by atoms with E-state index in [4.69, 9.17) is 13.9 Å². The summed E-state index contributed by atoms with van der Waals surface area (Å²) in [4.78, 5) is 39.8. The molecular formula is C35H35FN2O6. The quantitative estimate of drug-likeness (QED) is 0.203. The van der Waals surface area contributed by atoms with E-state index in [9.17, 15) is 18.8 Å². The van der Waals surface area contributed by atoms with E-state index in [0.29, 0.717) is 28.0 Å². The molecule has 0 radical (unpaired) electrons. The van der Waals surface area contributed by atoms with Gasteiger partial charge >= 0.3 is 12.1 Å². The lowest BCUT2D eigenvalue weighted by Gasteiger charge is -2.23. The Labute approximate surface area is 254 Å². The minimum atomic E-state index is -0.772. The second-order valence-electron chi connectivity index (χ2n) is 12.7. The number of rotatable bonds is 5. The van der Waals surface area contributed by atoms with E-state index in [0.717, 1.165) is 11.5 Å². The SMILES string of the molecule is CC(Nc1ccccc1C(=O)OC(C)(C)C)c1cc(F)cc2c(=O)cc(-c3cc4ccccc4n3C(=O)OC(C)(C)C)oc12. The summed E-state index contributed by atoms with van der Waals surface area (Å²) >= 11 is 0. The fourth-order valence-corrected chi connectivity index (χ4v) is 4.97. The lowest BCUT2D eigenvalue weighted by Crippen LogP contribution is -2.27. The highest BCUT2D eigenvalue weighted by molar-refractivity contribution is 5.97. The molecule has 0 aliphatic carbocycles. The van der Waals surface area contributed by atoms with Crippen molar-refractivity contribution in [2.75, 3.05) is 5.32 Å². The number of nitrogens with zero attached hydrogens (tertiary/aromatic N) is 1. The van der Waals surface area contributed by atoms with Crippen LogP contribution in [0.2, 0.25) is 0 Å². The molecule has 0 saturated heterocycles. The van der Waals surface area contributed by atoms with Gasteiger partial charge < -0.3 is 19.2 Å². The van der Waals surface area contributed by atoms with Crippen molar-refractivity contribution < 1.29 is 27.9 Å². The van der Waals surface area contributed by atoms with Gasteiger partial charge in [-0.1, -0.05) is 30.3 Å². The molecule has 0 saturated carbocycles. The molecule has 3 aromatic carbocycles. The van der Waals surface area contributed by atoms with Crippen LogP contribution in [-0.2, 0) is 9.47 Å². The Balaban J connectivity index is 1.63. The summed E-state index contributed by atoms with van der Waals surface area (Å²) in [5, 5.41) is 4.04. The molecule has 1 atom stereocenters. The number of benzene rings is 3. The van der Waals surface area contributed by atoms with E-state index in [1.165, 1.54) is 16.7 Å². The van der Waals surface area contributed by atoms with Crippen LogP contribution < -0.4 is 10.7 Å². The summed E-state index contributed by atoms with van der Waals surface area (Å²) in [6.45, 7) is 12.4. The Hall–Kier alpha value is -4.92. The molecule has 5 rings (SSSR count). The summed E-state index contributed by atoms with van der Waals surface area (Å²) in [6, 6.07) is 18.9. The van der Waals surface area contributed by atoms with E-state index in [1.54, 1.807) is 90.9 Å². The summed E-state index contributed by atoms with van der Waals surface area (Å²) in [5.41, 5.74) is 0.195. The van der Waals surface area contributed by atoms with Crippen LogP contribution in [0.15, 0.2) is 82.0 Å². The number of ether oxygens (including phenoxy) is 2. The maximum absolute atomic E-state index is 14.9. The third-order valence-corrected chi connectivity index (χ3v) is 6.75. The maximum Gasteiger partial charge on any atom is 0.419 e. The van der Waals surface area contributed by atoms with Crippen LogP contribution in [0.1, 0.15) is 70.4 Å². The van der Waals surface area contributed by atoms with Crippen molar-refractivity contribution in [3.63, 3.8) is 0 Å². The van der Waals surface area contributed by atoms with Gasteiger partial charge in [0.15, 0.2) is 11.2 Å². The number of halogens is 1. The molecule has 0 bridgehead atoms. The largest absolute Gasteiger partial charge is 0.456 e. The summed E-state index contributed by atoms with van der Waals surface area (Å²) in [7, 11) is 0. The number of carbonyl (C=O) groups is 2. The van der Waals surface area contributed by atoms with Crippen molar-refractivity contribution in [3.05, 3.63) is 100.0 Å². The number of esters is 1. The third kappa shape index (κ3) is 6.37. The van der Waals surface area contributed by atoms with Crippen LogP contribution in [0.25, 0.3) is 33.3 Å². The molecule has 0 aliphatic rings. The van der Waals surface area contributed by atoms with Crippen LogP contribution in [0.5, 0.6) is 0 Å². The molecule has 0 fully saturated rings. The average molecular weight is 599 g/mol. The molecule has 0 aliphatic heterocycles. The van der Waals surface area contributed by atoms with E-state index in [1.807, 2.05) is 12.1 Å². The van der Waals surface area contributed by atoms with Gasteiger partial charge in [0, 0.05) is 22.7 Å². The first kappa shape index (κ1) is 30.5. The van der Waals surface area contributed by atoms with Gasteiger partial charge in [0.2, 0.25) is 0 Å². The van der Waals surface area contributed by atoms with E-state index >= 15 is 0 Å². The molecule has 0 spiro atoms. The zero-order valence-corrected chi connectivity index (χ0v) is 25.8. The highest BCUT2D eigenvalue weighted by atomic mass is 19.1. The van der Waals surface area contributed by atoms with Gasteiger partial charge in [0.05, 0.1) is 28.2 Å². The fourth-order valence-electron chi connectivity index (χ4n) is 4.97. The topological polar surface area (TPSA) is 99.8 Å². The van der Waals surface area contributed by atoms with Crippen molar-refractivity contribution in [3.8, 4) is 11.5 Å². The van der Waals surface area contributed by atoms with Crippen LogP contribution >= 0.6 is 0 Å². The number of fused-ring (bicyclic) bond motifs is 2. The van der Waals surface area contributed by atoms with Gasteiger partial charge in [-0.15, -0.1) is 0 Å². The van der Waals surface area contributed by atoms with Gasteiger partial charge in [-0.25, -0.2) is 18.5 Å². The summed E-state index contributed by atoms with van der Waals surface area (Å²) in [5.74, 6) is -1.02. The predicted octanol–water partition coefficient (Wildman–Crippen LogP) is 8.47. The molecule has 8 nitrogen and oxygen atoms in total. The number of para-hydroxylation sites is 2. The number of aromatic nitrogens is 1. The van der Waals surface area contributed by atoms with Crippen molar-refractivity contribution in [1.82, 2.24) is 4.57 Å². The molecular weight excluding hydrogens is 563 g/mol. The zero-order chi connectivity index (χ0) is 32.0. The first-order valence-corrected chi connectivity index (χ1v) is 14.3. The number of nitrogens with one attached hydrogen (secondary N) is 1. The molecule has 2 heterocycles. The molecule has 0 amide bonds. The van der Waals surface area contributed by atoms with Gasteiger partial charge in [0.25, 0.3) is 0 Å². The first-order valence-electron chi connectivity index (χ1n) is 14.3. The van der Waals surface area contributed by atoms with Crippen molar-refractivity contribution in [1.29, 1.82) is 0 Å². The number of hydrogen-bond donors (Lipinski definition) is 1. The third-order valence-electron chi connectivity index (χ3n) is 6.75. The standard InChI is InChI=1S/C35H35FN2O6/c1-20(37-26-14-10-9-13-23(26)32(40)43-34(2,3)4)24-17-22(36)18-25-29(39)19-30(42-31(24)25)28-16-21-12-8-11-15-27(21)38(28)33(41)44-35(5,6)7/h8-20,37H,1-7H3. The number of carbonyl (C=O) groups excluding carboxylic acids is 2. The summed E-state index contributed by atoms with van der Waals surface area (Å²) < 4.78 is 33.9. The molecule has 1 unspecified atom stereocenters. The highest BCUT2D eigenvalue weighted by Gasteiger charge is 2.26. The predicted molar refractivity (Wildman–Crippen MR) is 169 cm³/mol. The number of hydrogen-bond acceptors (Lipinski definition) is 7. The Morgan fingerprint density at radius 2 is 1.55 bits per heavy atom. The zero-order valence-electron chi connectivity index (χ0n) is 25.8. The number of anilines is 1. The van der Waals surface area contributed by atoms with Crippen molar-refractivity contribution >= 4 is 39.6 Å². The molecule has 9 heteroatoms. The first-order chi connectivity index (χ1) is 20.6. The Bertz CT molecular complexity index is 1960. The summed E-state index contributed by atoms with van der Waals surface area (Å²) in [6.07, 6.45) is -0.635. The Kier molecular flexibility index (Phi) is 7.84. The molecule has 5 aromatic rings. The maximum atomic E-state index is 14.9. The molecule has 228 valence electrons. The second-order valence-corrected chi connectivity index (χ2v) is 12.7. The van der Waals surface area contributed by atoms with E-state index < -0.39 is 40.6 Å². The monoisotopic (exact) mass is 598 g/mol. The minimum absolute atomic E-state index is 0.0396. The highest BCUT2D eigenvalue weighted by Crippen LogP contribution is 2.34. The Morgan fingerprint density at radius 3 is 2.25 bits per heavy atom. The van der Waals surface area contributed by atoms with Gasteiger partial charge in [-0.05, 0) is 84.9 Å². The Morgan fingerprint density at radius 1 is 0.886 bits per heavy atom. The minimum Gasteiger partial charge on any atom is -0.456 e. The van der Waals surface area contributed by atoms with Crippen LogP contribution in [-0.4, -0.2) is 27.8 Å². The van der Waals surface area contributed by atoms with Gasteiger partial charge in [0.1, 0.15) is 22.6 Å². The lowest BCUT2D eigenvalue weighted by atomic mass is 10.0. The molecule has 2 aromatic heterocycles. The second kappa shape index (κ2) is 11.3. The normalized spacial score (nSPS) is 12.7. The van der Waals surface area contributed by atoms with Gasteiger partial charge in [-0.3, -0.25) is 4.79 Å². The lowest BCUT2D eigenvalue weighted by molar-refractivity contribution is 0.00703. The fraction of sp³-hybridized carbons (Fsp3) is 0.286. The van der Waals surface area contributed by atoms with E-state index in [-0.39, 0.29) is 16.7 Å². The van der Waals surface area contributed by atoms with Gasteiger partial charge in [-0.2, -0.15) is 0 Å². The van der Waals surface area contributed by atoms with Crippen LogP contribution in [0.3, 0.4) is 0 Å². The average Bonchev–Trinajstić information content (AvgIpc) is 3.31. The van der Waals surface area contributed by atoms with Crippen LogP contribution in [0.4, 0.5) is 14.9 Å².